The van der Waals surface area contributed by atoms with Gasteiger partial charge >= 0.3 is 5.97 Å². The van der Waals surface area contributed by atoms with E-state index in [2.05, 4.69) is 42.5 Å². The maximum absolute atomic E-state index is 11.5. The maximum atomic E-state index is 11.5. The van der Waals surface area contributed by atoms with Crippen LogP contribution in [0.15, 0.2) is 72.8 Å². The van der Waals surface area contributed by atoms with Crippen molar-refractivity contribution in [3.05, 3.63) is 78.4 Å². The SMILES string of the molecule is CCOc1ccc(-c2ccccc2-c2ccc(C(C)OC(=O)CC)cc2)cc1. The van der Waals surface area contributed by atoms with Crippen molar-refractivity contribution in [3.8, 4) is 28.0 Å². The molecule has 28 heavy (non-hydrogen) atoms. The molecule has 0 aliphatic heterocycles. The van der Waals surface area contributed by atoms with E-state index in [-0.39, 0.29) is 12.1 Å². The second kappa shape index (κ2) is 9.23. The lowest BCUT2D eigenvalue weighted by Crippen LogP contribution is -2.07. The van der Waals surface area contributed by atoms with Crippen LogP contribution in [-0.2, 0) is 9.53 Å². The summed E-state index contributed by atoms with van der Waals surface area (Å²) in [6, 6.07) is 24.8. The number of rotatable bonds is 7. The Morgan fingerprint density at radius 1 is 0.821 bits per heavy atom. The third-order valence-corrected chi connectivity index (χ3v) is 4.69. The molecule has 0 heterocycles. The van der Waals surface area contributed by atoms with Crippen LogP contribution in [0, 0.1) is 0 Å². The summed E-state index contributed by atoms with van der Waals surface area (Å²) in [5.41, 5.74) is 5.60. The smallest absolute Gasteiger partial charge is 0.306 e. The lowest BCUT2D eigenvalue weighted by Gasteiger charge is -2.15. The van der Waals surface area contributed by atoms with Gasteiger partial charge in [0, 0.05) is 6.42 Å². The van der Waals surface area contributed by atoms with Gasteiger partial charge in [-0.25, -0.2) is 0 Å². The molecule has 0 spiro atoms. The van der Waals surface area contributed by atoms with E-state index in [1.54, 1.807) is 6.92 Å². The second-order valence-electron chi connectivity index (χ2n) is 6.61. The molecule has 0 N–H and O–H groups in total. The first kappa shape index (κ1) is 19.7. The summed E-state index contributed by atoms with van der Waals surface area (Å²) in [6.45, 7) is 6.34. The average molecular weight is 374 g/mol. The molecule has 3 aromatic rings. The van der Waals surface area contributed by atoms with E-state index in [9.17, 15) is 4.79 Å². The predicted molar refractivity (Wildman–Crippen MR) is 113 cm³/mol. The van der Waals surface area contributed by atoms with Gasteiger partial charge in [0.05, 0.1) is 6.61 Å². The van der Waals surface area contributed by atoms with Crippen molar-refractivity contribution in [2.45, 2.75) is 33.3 Å². The van der Waals surface area contributed by atoms with Crippen molar-refractivity contribution < 1.29 is 14.3 Å². The summed E-state index contributed by atoms with van der Waals surface area (Å²) in [6.07, 6.45) is 0.139. The molecule has 1 atom stereocenters. The van der Waals surface area contributed by atoms with E-state index in [4.69, 9.17) is 9.47 Å². The summed E-state index contributed by atoms with van der Waals surface area (Å²) >= 11 is 0. The third-order valence-electron chi connectivity index (χ3n) is 4.69. The zero-order chi connectivity index (χ0) is 19.9. The Hall–Kier alpha value is -3.07. The highest BCUT2D eigenvalue weighted by molar-refractivity contribution is 5.83. The van der Waals surface area contributed by atoms with E-state index in [0.29, 0.717) is 13.0 Å². The summed E-state index contributed by atoms with van der Waals surface area (Å²) in [7, 11) is 0. The molecule has 3 aromatic carbocycles. The van der Waals surface area contributed by atoms with Gasteiger partial charge in [-0.2, -0.15) is 0 Å². The van der Waals surface area contributed by atoms with Gasteiger partial charge in [0.15, 0.2) is 0 Å². The molecule has 0 aromatic heterocycles. The fraction of sp³-hybridized carbons (Fsp3) is 0.240. The predicted octanol–water partition coefficient (Wildman–Crippen LogP) is 6.43. The first-order valence-corrected chi connectivity index (χ1v) is 9.74. The Bertz CT molecular complexity index is 911. The van der Waals surface area contributed by atoms with E-state index in [1.165, 1.54) is 5.56 Å². The second-order valence-corrected chi connectivity index (χ2v) is 6.61. The largest absolute Gasteiger partial charge is 0.494 e. The van der Waals surface area contributed by atoms with Gasteiger partial charge < -0.3 is 9.47 Å². The van der Waals surface area contributed by atoms with Crippen LogP contribution < -0.4 is 4.74 Å². The lowest BCUT2D eigenvalue weighted by molar-refractivity contribution is -0.148. The van der Waals surface area contributed by atoms with Crippen LogP contribution in [-0.4, -0.2) is 12.6 Å². The standard InChI is InChI=1S/C25H26O3/c1-4-25(26)28-18(3)19-10-12-20(13-11-19)23-8-6-7-9-24(23)21-14-16-22(17-15-21)27-5-2/h6-18H,4-5H2,1-3H3. The van der Waals surface area contributed by atoms with Gasteiger partial charge in [-0.15, -0.1) is 0 Å². The quantitative estimate of drug-likeness (QED) is 0.447. The first-order valence-electron chi connectivity index (χ1n) is 9.74. The Labute approximate surface area is 166 Å². The summed E-state index contributed by atoms with van der Waals surface area (Å²) in [5.74, 6) is 0.695. The Kier molecular flexibility index (Phi) is 6.49. The maximum Gasteiger partial charge on any atom is 0.306 e. The normalized spacial score (nSPS) is 11.7. The van der Waals surface area contributed by atoms with Crippen molar-refractivity contribution in [2.24, 2.45) is 0 Å². The third kappa shape index (κ3) is 4.61. The van der Waals surface area contributed by atoms with Crippen LogP contribution in [0.25, 0.3) is 22.3 Å². The fourth-order valence-corrected chi connectivity index (χ4v) is 3.17. The zero-order valence-electron chi connectivity index (χ0n) is 16.6. The van der Waals surface area contributed by atoms with Gasteiger partial charge in [0.25, 0.3) is 0 Å². The molecule has 0 aliphatic rings. The number of benzene rings is 3. The molecule has 0 radical (unpaired) electrons. The van der Waals surface area contributed by atoms with Crippen molar-refractivity contribution in [1.82, 2.24) is 0 Å². The van der Waals surface area contributed by atoms with Gasteiger partial charge in [-0.3, -0.25) is 4.79 Å². The van der Waals surface area contributed by atoms with Gasteiger partial charge in [0.2, 0.25) is 0 Å². The van der Waals surface area contributed by atoms with Crippen LogP contribution >= 0.6 is 0 Å². The van der Waals surface area contributed by atoms with Crippen molar-refractivity contribution >= 4 is 5.97 Å². The summed E-state index contributed by atoms with van der Waals surface area (Å²) < 4.78 is 11.0. The molecule has 0 fully saturated rings. The van der Waals surface area contributed by atoms with Gasteiger partial charge in [-0.1, -0.05) is 67.6 Å². The highest BCUT2D eigenvalue weighted by Crippen LogP contribution is 2.33. The van der Waals surface area contributed by atoms with Crippen LogP contribution in [0.3, 0.4) is 0 Å². The molecule has 3 heteroatoms. The minimum Gasteiger partial charge on any atom is -0.494 e. The van der Waals surface area contributed by atoms with E-state index in [0.717, 1.165) is 28.0 Å². The Balaban J connectivity index is 1.87. The number of esters is 1. The molecule has 0 saturated heterocycles. The van der Waals surface area contributed by atoms with Crippen molar-refractivity contribution in [1.29, 1.82) is 0 Å². The number of hydrogen-bond acceptors (Lipinski definition) is 3. The summed E-state index contributed by atoms with van der Waals surface area (Å²) in [4.78, 5) is 11.5. The molecule has 1 unspecified atom stereocenters. The molecule has 0 amide bonds. The fourth-order valence-electron chi connectivity index (χ4n) is 3.17. The van der Waals surface area contributed by atoms with Crippen molar-refractivity contribution in [2.75, 3.05) is 6.61 Å². The van der Waals surface area contributed by atoms with Crippen LogP contribution in [0.1, 0.15) is 38.9 Å². The highest BCUT2D eigenvalue weighted by Gasteiger charge is 2.12. The zero-order valence-corrected chi connectivity index (χ0v) is 16.6. The van der Waals surface area contributed by atoms with Gasteiger partial charge in [-0.05, 0) is 53.8 Å². The van der Waals surface area contributed by atoms with E-state index < -0.39 is 0 Å². The molecule has 0 bridgehead atoms. The minimum absolute atomic E-state index is 0.183. The van der Waals surface area contributed by atoms with Crippen LogP contribution in [0.4, 0.5) is 0 Å². The molecular formula is C25H26O3. The lowest BCUT2D eigenvalue weighted by atomic mass is 9.94. The summed E-state index contributed by atoms with van der Waals surface area (Å²) in [5, 5.41) is 0. The van der Waals surface area contributed by atoms with Gasteiger partial charge in [0.1, 0.15) is 11.9 Å². The van der Waals surface area contributed by atoms with E-state index >= 15 is 0 Å². The topological polar surface area (TPSA) is 35.5 Å². The highest BCUT2D eigenvalue weighted by atomic mass is 16.5. The van der Waals surface area contributed by atoms with Crippen molar-refractivity contribution in [3.63, 3.8) is 0 Å². The monoisotopic (exact) mass is 374 g/mol. The molecule has 0 saturated carbocycles. The van der Waals surface area contributed by atoms with Crippen LogP contribution in [0.5, 0.6) is 5.75 Å². The van der Waals surface area contributed by atoms with Crippen LogP contribution in [0.2, 0.25) is 0 Å². The van der Waals surface area contributed by atoms with E-state index in [1.807, 2.05) is 44.2 Å². The molecule has 144 valence electrons. The average Bonchev–Trinajstić information content (AvgIpc) is 2.74. The Morgan fingerprint density at radius 2 is 1.36 bits per heavy atom. The number of hydrogen-bond donors (Lipinski definition) is 0. The Morgan fingerprint density at radius 3 is 1.86 bits per heavy atom. The number of ether oxygens (including phenoxy) is 2. The molecular weight excluding hydrogens is 348 g/mol. The number of carbonyl (C=O) groups excluding carboxylic acids is 1. The molecule has 3 rings (SSSR count). The minimum atomic E-state index is -0.247. The first-order chi connectivity index (χ1) is 13.6. The molecule has 0 aliphatic carbocycles. The number of carbonyl (C=O) groups is 1. The molecule has 3 nitrogen and oxygen atoms in total.